The van der Waals surface area contributed by atoms with Gasteiger partial charge < -0.3 is 4.74 Å². The predicted octanol–water partition coefficient (Wildman–Crippen LogP) is 2.03. The van der Waals surface area contributed by atoms with Crippen LogP contribution in [-0.2, 0) is 18.3 Å². The van der Waals surface area contributed by atoms with Gasteiger partial charge in [0.25, 0.3) is 0 Å². The van der Waals surface area contributed by atoms with Crippen LogP contribution < -0.4 is 4.74 Å². The quantitative estimate of drug-likeness (QED) is 0.544. The summed E-state index contributed by atoms with van der Waals surface area (Å²) in [5, 5.41) is 11.4. The van der Waals surface area contributed by atoms with Crippen molar-refractivity contribution in [2.75, 3.05) is 0 Å². The second-order valence-corrected chi connectivity index (χ2v) is 4.79. The van der Waals surface area contributed by atoms with Crippen LogP contribution in [0.5, 0.6) is 5.75 Å². The molecule has 110 valence electrons. The number of carbonyl (C=O) groups is 1. The molecule has 3 rings (SSSR count). The number of para-hydroxylation sites is 1. The van der Waals surface area contributed by atoms with E-state index in [1.54, 1.807) is 23.9 Å². The summed E-state index contributed by atoms with van der Waals surface area (Å²) in [4.78, 5) is 12.0. The van der Waals surface area contributed by atoms with Gasteiger partial charge in [0, 0.05) is 12.6 Å². The van der Waals surface area contributed by atoms with E-state index in [4.69, 9.17) is 4.74 Å². The van der Waals surface area contributed by atoms with Crippen molar-refractivity contribution in [1.29, 1.82) is 0 Å². The minimum Gasteiger partial charge on any atom is -0.426 e. The maximum atomic E-state index is 12.0. The molecule has 0 aliphatic heterocycles. The first-order chi connectivity index (χ1) is 10.7. The fourth-order valence-electron chi connectivity index (χ4n) is 2.12. The molecular formula is C16H14N4O2. The number of tetrazole rings is 1. The zero-order chi connectivity index (χ0) is 15.4. The van der Waals surface area contributed by atoms with Gasteiger partial charge in [-0.05, 0) is 34.2 Å². The molecule has 3 aromatic rings. The van der Waals surface area contributed by atoms with Gasteiger partial charge in [0.05, 0.1) is 6.42 Å². The topological polar surface area (TPSA) is 69.9 Å². The molecule has 0 atom stereocenters. The Kier molecular flexibility index (Phi) is 3.91. The largest absolute Gasteiger partial charge is 0.426 e. The number of carbonyl (C=O) groups excluding carboxylic acids is 1. The Morgan fingerprint density at radius 3 is 2.68 bits per heavy atom. The first-order valence-corrected chi connectivity index (χ1v) is 6.80. The highest BCUT2D eigenvalue weighted by Gasteiger charge is 2.10. The summed E-state index contributed by atoms with van der Waals surface area (Å²) >= 11 is 0. The molecule has 0 amide bonds. The summed E-state index contributed by atoms with van der Waals surface area (Å²) in [6.07, 6.45) is 0.189. The third-order valence-corrected chi connectivity index (χ3v) is 3.13. The van der Waals surface area contributed by atoms with E-state index in [1.807, 2.05) is 42.5 Å². The van der Waals surface area contributed by atoms with Crippen molar-refractivity contribution in [3.05, 3.63) is 60.2 Å². The second kappa shape index (κ2) is 6.17. The lowest BCUT2D eigenvalue weighted by Gasteiger charge is -2.05. The van der Waals surface area contributed by atoms with Gasteiger partial charge in [-0.3, -0.25) is 4.79 Å². The molecular weight excluding hydrogens is 280 g/mol. The SMILES string of the molecule is Cn1nnnc1-c1cccc(CC(=O)Oc2ccccc2)c1. The van der Waals surface area contributed by atoms with Crippen molar-refractivity contribution in [1.82, 2.24) is 20.2 Å². The number of hydrogen-bond donors (Lipinski definition) is 0. The van der Waals surface area contributed by atoms with Crippen LogP contribution in [-0.4, -0.2) is 26.2 Å². The average Bonchev–Trinajstić information content (AvgIpc) is 2.94. The van der Waals surface area contributed by atoms with Crippen LogP contribution in [0.15, 0.2) is 54.6 Å². The molecule has 0 bridgehead atoms. The zero-order valence-electron chi connectivity index (χ0n) is 12.0. The Bertz CT molecular complexity index is 784. The first-order valence-electron chi connectivity index (χ1n) is 6.80. The van der Waals surface area contributed by atoms with Crippen molar-refractivity contribution in [2.24, 2.45) is 7.05 Å². The Morgan fingerprint density at radius 1 is 1.14 bits per heavy atom. The Morgan fingerprint density at radius 2 is 1.95 bits per heavy atom. The smallest absolute Gasteiger partial charge is 0.315 e. The highest BCUT2D eigenvalue weighted by Crippen LogP contribution is 2.17. The van der Waals surface area contributed by atoms with Gasteiger partial charge in [-0.1, -0.05) is 36.4 Å². The molecule has 0 aliphatic carbocycles. The summed E-state index contributed by atoms with van der Waals surface area (Å²) in [6.45, 7) is 0. The van der Waals surface area contributed by atoms with E-state index in [9.17, 15) is 4.79 Å². The average molecular weight is 294 g/mol. The van der Waals surface area contributed by atoms with E-state index in [0.717, 1.165) is 11.1 Å². The number of rotatable bonds is 4. The summed E-state index contributed by atoms with van der Waals surface area (Å²) in [5.74, 6) is 0.888. The number of ether oxygens (including phenoxy) is 1. The van der Waals surface area contributed by atoms with Gasteiger partial charge in [-0.15, -0.1) is 5.10 Å². The third kappa shape index (κ3) is 3.17. The van der Waals surface area contributed by atoms with Gasteiger partial charge >= 0.3 is 5.97 Å². The van der Waals surface area contributed by atoms with Crippen molar-refractivity contribution in [3.8, 4) is 17.1 Å². The molecule has 6 heteroatoms. The van der Waals surface area contributed by atoms with E-state index in [1.165, 1.54) is 0 Å². The maximum Gasteiger partial charge on any atom is 0.315 e. The normalized spacial score (nSPS) is 10.4. The van der Waals surface area contributed by atoms with E-state index >= 15 is 0 Å². The number of nitrogens with zero attached hydrogens (tertiary/aromatic N) is 4. The van der Waals surface area contributed by atoms with Crippen LogP contribution in [0.4, 0.5) is 0 Å². The summed E-state index contributed by atoms with van der Waals surface area (Å²) < 4.78 is 6.87. The van der Waals surface area contributed by atoms with Gasteiger partial charge in [-0.2, -0.15) is 0 Å². The van der Waals surface area contributed by atoms with Crippen molar-refractivity contribution >= 4 is 5.97 Å². The van der Waals surface area contributed by atoms with Crippen LogP contribution in [0.3, 0.4) is 0 Å². The summed E-state index contributed by atoms with van der Waals surface area (Å²) in [7, 11) is 1.77. The molecule has 0 fully saturated rings. The van der Waals surface area contributed by atoms with Crippen LogP contribution in [0, 0.1) is 0 Å². The molecule has 1 heterocycles. The molecule has 0 saturated carbocycles. The van der Waals surface area contributed by atoms with E-state index in [0.29, 0.717) is 11.6 Å². The van der Waals surface area contributed by atoms with Crippen LogP contribution in [0.2, 0.25) is 0 Å². The molecule has 0 spiro atoms. The highest BCUT2D eigenvalue weighted by molar-refractivity contribution is 5.75. The maximum absolute atomic E-state index is 12.0. The van der Waals surface area contributed by atoms with Gasteiger partial charge in [0.15, 0.2) is 5.82 Å². The van der Waals surface area contributed by atoms with E-state index in [-0.39, 0.29) is 12.4 Å². The number of esters is 1. The Balaban J connectivity index is 1.73. The lowest BCUT2D eigenvalue weighted by molar-refractivity contribution is -0.133. The van der Waals surface area contributed by atoms with Crippen molar-refractivity contribution in [3.63, 3.8) is 0 Å². The van der Waals surface area contributed by atoms with Gasteiger partial charge in [0.2, 0.25) is 0 Å². The molecule has 0 unspecified atom stereocenters. The molecule has 0 radical (unpaired) electrons. The molecule has 0 N–H and O–H groups in total. The Labute approximate surface area is 127 Å². The number of aromatic nitrogens is 4. The van der Waals surface area contributed by atoms with Crippen LogP contribution in [0.1, 0.15) is 5.56 Å². The highest BCUT2D eigenvalue weighted by atomic mass is 16.5. The van der Waals surface area contributed by atoms with E-state index in [2.05, 4.69) is 15.5 Å². The third-order valence-electron chi connectivity index (χ3n) is 3.13. The molecule has 0 saturated heterocycles. The predicted molar refractivity (Wildman–Crippen MR) is 80.0 cm³/mol. The second-order valence-electron chi connectivity index (χ2n) is 4.79. The molecule has 22 heavy (non-hydrogen) atoms. The zero-order valence-corrected chi connectivity index (χ0v) is 12.0. The fourth-order valence-corrected chi connectivity index (χ4v) is 2.12. The van der Waals surface area contributed by atoms with Gasteiger partial charge in [0.1, 0.15) is 5.75 Å². The molecule has 6 nitrogen and oxygen atoms in total. The van der Waals surface area contributed by atoms with Crippen molar-refractivity contribution < 1.29 is 9.53 Å². The lowest BCUT2D eigenvalue weighted by Crippen LogP contribution is -2.11. The minimum absolute atomic E-state index is 0.189. The number of hydrogen-bond acceptors (Lipinski definition) is 5. The standard InChI is InChI=1S/C16H14N4O2/c1-20-16(17-18-19-20)13-7-5-6-12(10-13)11-15(21)22-14-8-3-2-4-9-14/h2-10H,11H2,1H3. The minimum atomic E-state index is -0.306. The van der Waals surface area contributed by atoms with Crippen LogP contribution in [0.25, 0.3) is 11.4 Å². The van der Waals surface area contributed by atoms with Crippen molar-refractivity contribution in [2.45, 2.75) is 6.42 Å². The monoisotopic (exact) mass is 294 g/mol. The Hall–Kier alpha value is -3.02. The van der Waals surface area contributed by atoms with Gasteiger partial charge in [-0.25, -0.2) is 4.68 Å². The van der Waals surface area contributed by atoms with E-state index < -0.39 is 0 Å². The number of benzene rings is 2. The molecule has 2 aromatic carbocycles. The fraction of sp³-hybridized carbons (Fsp3) is 0.125. The summed E-state index contributed by atoms with van der Waals surface area (Å²) in [6, 6.07) is 16.5. The lowest BCUT2D eigenvalue weighted by atomic mass is 10.1. The molecule has 0 aliphatic rings. The van der Waals surface area contributed by atoms with Crippen LogP contribution >= 0.6 is 0 Å². The first kappa shape index (κ1) is 13.9. The number of aryl methyl sites for hydroxylation is 1. The summed E-state index contributed by atoms with van der Waals surface area (Å²) in [5.41, 5.74) is 1.71. The molecule has 1 aromatic heterocycles.